The van der Waals surface area contributed by atoms with Crippen LogP contribution in [0.5, 0.6) is 5.75 Å². The van der Waals surface area contributed by atoms with Crippen LogP contribution in [0.1, 0.15) is 48.3 Å². The van der Waals surface area contributed by atoms with Crippen LogP contribution in [0.25, 0.3) is 0 Å². The zero-order valence-electron chi connectivity index (χ0n) is 14.2. The third-order valence-corrected chi connectivity index (χ3v) is 6.28. The van der Waals surface area contributed by atoms with Crippen LogP contribution in [-0.2, 0) is 17.8 Å². The summed E-state index contributed by atoms with van der Waals surface area (Å²) in [5.74, 6) is 3.15. The molecule has 1 fully saturated rings. The fraction of sp³-hybridized carbons (Fsp3) is 0.524. The number of fused-ring (bicyclic) bond motifs is 3. The summed E-state index contributed by atoms with van der Waals surface area (Å²) in [4.78, 5) is 0. The molecular weight excluding hydrogens is 300 g/mol. The summed E-state index contributed by atoms with van der Waals surface area (Å²) in [6, 6.07) is 3.87. The number of hydrogen-bond acceptors (Lipinski definition) is 3. The standard InChI is InChI=1S/C21H26O3/c1-24-12-14-9-16(23)10-21-18-4-2-3-17(18)19(11-20(14)21)13-5-7-15(22)8-6-13/h5,7-10,13,17-19,22-23H,2-4,6,11-12H2,1H3/t13?,17-,18+,19-/m0/s1. The fourth-order valence-corrected chi connectivity index (χ4v) is 5.29. The molecule has 0 radical (unpaired) electrons. The highest BCUT2D eigenvalue weighted by Gasteiger charge is 2.43. The summed E-state index contributed by atoms with van der Waals surface area (Å²) in [5, 5.41) is 19.8. The van der Waals surface area contributed by atoms with Crippen LogP contribution in [0.15, 0.2) is 36.1 Å². The van der Waals surface area contributed by atoms with Gasteiger partial charge in [0.15, 0.2) is 0 Å². The molecule has 4 atom stereocenters. The van der Waals surface area contributed by atoms with E-state index in [1.165, 1.54) is 30.4 Å². The molecule has 3 heteroatoms. The van der Waals surface area contributed by atoms with Gasteiger partial charge < -0.3 is 14.9 Å². The van der Waals surface area contributed by atoms with Crippen molar-refractivity contribution in [3.05, 3.63) is 52.8 Å². The Labute approximate surface area is 143 Å². The minimum absolute atomic E-state index is 0.371. The number of phenols is 1. The zero-order chi connectivity index (χ0) is 16.7. The molecule has 128 valence electrons. The van der Waals surface area contributed by atoms with Crippen molar-refractivity contribution in [1.29, 1.82) is 0 Å². The molecule has 4 rings (SSSR count). The van der Waals surface area contributed by atoms with E-state index in [0.29, 0.717) is 41.8 Å². The predicted molar refractivity (Wildman–Crippen MR) is 94.1 cm³/mol. The number of ether oxygens (including phenoxy) is 1. The van der Waals surface area contributed by atoms with E-state index in [1.54, 1.807) is 7.11 Å². The Morgan fingerprint density at radius 2 is 2.04 bits per heavy atom. The molecule has 24 heavy (non-hydrogen) atoms. The van der Waals surface area contributed by atoms with Crippen LogP contribution in [0.3, 0.4) is 0 Å². The van der Waals surface area contributed by atoms with E-state index in [4.69, 9.17) is 4.74 Å². The number of phenolic OH excluding ortho intramolecular Hbond substituents is 1. The Morgan fingerprint density at radius 1 is 1.17 bits per heavy atom. The number of benzene rings is 1. The number of hydrogen-bond donors (Lipinski definition) is 2. The number of allylic oxidation sites excluding steroid dienone is 3. The van der Waals surface area contributed by atoms with Crippen LogP contribution < -0.4 is 0 Å². The first-order valence-electron chi connectivity index (χ1n) is 9.08. The smallest absolute Gasteiger partial charge is 0.116 e. The average molecular weight is 326 g/mol. The van der Waals surface area contributed by atoms with Crippen molar-refractivity contribution in [1.82, 2.24) is 0 Å². The van der Waals surface area contributed by atoms with Crippen molar-refractivity contribution in [2.24, 2.45) is 17.8 Å². The second-order valence-corrected chi connectivity index (χ2v) is 7.56. The third-order valence-electron chi connectivity index (χ3n) is 6.28. The van der Waals surface area contributed by atoms with E-state index < -0.39 is 0 Å². The molecule has 1 saturated carbocycles. The van der Waals surface area contributed by atoms with E-state index in [0.717, 1.165) is 18.4 Å². The maximum atomic E-state index is 10.2. The Bertz CT molecular complexity index is 689. The maximum absolute atomic E-state index is 10.2. The van der Waals surface area contributed by atoms with E-state index >= 15 is 0 Å². The van der Waals surface area contributed by atoms with Crippen LogP contribution in [0.2, 0.25) is 0 Å². The Hall–Kier alpha value is -1.74. The molecule has 0 spiro atoms. The maximum Gasteiger partial charge on any atom is 0.116 e. The Balaban J connectivity index is 1.72. The SMILES string of the molecule is COCc1cc(O)cc2c1C[C@@H](C1C=CC(O)=CC1)[C@H]1CCC[C@@H]21. The number of aliphatic hydroxyl groups excluding tert-OH is 1. The topological polar surface area (TPSA) is 49.7 Å². The van der Waals surface area contributed by atoms with E-state index in [-0.39, 0.29) is 0 Å². The molecule has 0 saturated heterocycles. The lowest BCUT2D eigenvalue weighted by Gasteiger charge is -2.40. The second kappa shape index (κ2) is 6.29. The molecule has 1 aromatic rings. The van der Waals surface area contributed by atoms with Crippen LogP contribution >= 0.6 is 0 Å². The molecule has 0 amide bonds. The number of rotatable bonds is 3. The highest BCUT2D eigenvalue weighted by molar-refractivity contribution is 5.46. The molecule has 2 N–H and O–H groups in total. The van der Waals surface area contributed by atoms with Gasteiger partial charge in [-0.2, -0.15) is 0 Å². The van der Waals surface area contributed by atoms with Gasteiger partial charge in [0, 0.05) is 7.11 Å². The van der Waals surface area contributed by atoms with Crippen LogP contribution in [0, 0.1) is 17.8 Å². The Kier molecular flexibility index (Phi) is 4.13. The summed E-state index contributed by atoms with van der Waals surface area (Å²) >= 11 is 0. The second-order valence-electron chi connectivity index (χ2n) is 7.56. The van der Waals surface area contributed by atoms with Crippen molar-refractivity contribution in [3.63, 3.8) is 0 Å². The lowest BCUT2D eigenvalue weighted by atomic mass is 9.64. The fourth-order valence-electron chi connectivity index (χ4n) is 5.29. The van der Waals surface area contributed by atoms with Gasteiger partial charge in [0.05, 0.1) is 6.61 Å². The largest absolute Gasteiger partial charge is 0.508 e. The van der Waals surface area contributed by atoms with Gasteiger partial charge in [-0.05, 0) is 90.3 Å². The molecule has 1 aromatic carbocycles. The summed E-state index contributed by atoms with van der Waals surface area (Å²) in [6.07, 6.45) is 11.8. The highest BCUT2D eigenvalue weighted by Crippen LogP contribution is 2.53. The molecule has 0 aromatic heterocycles. The predicted octanol–water partition coefficient (Wildman–Crippen LogP) is 4.61. The van der Waals surface area contributed by atoms with Gasteiger partial charge in [-0.3, -0.25) is 0 Å². The van der Waals surface area contributed by atoms with Gasteiger partial charge in [-0.1, -0.05) is 12.5 Å². The summed E-state index contributed by atoms with van der Waals surface area (Å²) in [5.41, 5.74) is 3.90. The van der Waals surface area contributed by atoms with Crippen LogP contribution in [0.4, 0.5) is 0 Å². The zero-order valence-corrected chi connectivity index (χ0v) is 14.2. The molecule has 0 heterocycles. The lowest BCUT2D eigenvalue weighted by molar-refractivity contribution is 0.179. The Morgan fingerprint density at radius 3 is 2.79 bits per heavy atom. The monoisotopic (exact) mass is 326 g/mol. The number of aliphatic hydroxyl groups is 1. The van der Waals surface area contributed by atoms with E-state index in [2.05, 4.69) is 6.08 Å². The van der Waals surface area contributed by atoms with Crippen LogP contribution in [-0.4, -0.2) is 17.3 Å². The number of aromatic hydroxyl groups is 1. The van der Waals surface area contributed by atoms with Gasteiger partial charge >= 0.3 is 0 Å². The van der Waals surface area contributed by atoms with E-state index in [1.807, 2.05) is 24.3 Å². The van der Waals surface area contributed by atoms with Crippen molar-refractivity contribution in [2.45, 2.75) is 44.6 Å². The van der Waals surface area contributed by atoms with Gasteiger partial charge in [-0.15, -0.1) is 0 Å². The normalized spacial score (nSPS) is 31.5. The third kappa shape index (κ3) is 2.65. The van der Waals surface area contributed by atoms with Crippen molar-refractivity contribution in [3.8, 4) is 5.75 Å². The molecule has 3 aliphatic rings. The summed E-state index contributed by atoms with van der Waals surface area (Å²) in [7, 11) is 1.71. The number of methoxy groups -OCH3 is 1. The molecule has 3 aliphatic carbocycles. The first-order valence-corrected chi connectivity index (χ1v) is 9.08. The first kappa shape index (κ1) is 15.8. The minimum atomic E-state index is 0.371. The van der Waals surface area contributed by atoms with Crippen molar-refractivity contribution < 1.29 is 14.9 Å². The minimum Gasteiger partial charge on any atom is -0.508 e. The summed E-state index contributed by atoms with van der Waals surface area (Å²) in [6.45, 7) is 0.558. The first-order chi connectivity index (χ1) is 11.7. The van der Waals surface area contributed by atoms with Gasteiger partial charge in [0.1, 0.15) is 11.5 Å². The van der Waals surface area contributed by atoms with Gasteiger partial charge in [0.2, 0.25) is 0 Å². The summed E-state index contributed by atoms with van der Waals surface area (Å²) < 4.78 is 5.39. The van der Waals surface area contributed by atoms with E-state index in [9.17, 15) is 10.2 Å². The highest BCUT2D eigenvalue weighted by atomic mass is 16.5. The quantitative estimate of drug-likeness (QED) is 0.852. The van der Waals surface area contributed by atoms with Crippen molar-refractivity contribution in [2.75, 3.05) is 7.11 Å². The molecule has 0 aliphatic heterocycles. The molecular formula is C21H26O3. The molecule has 3 nitrogen and oxygen atoms in total. The lowest BCUT2D eigenvalue weighted by Crippen LogP contribution is -2.32. The van der Waals surface area contributed by atoms with Crippen molar-refractivity contribution >= 4 is 0 Å². The average Bonchev–Trinajstić information content (AvgIpc) is 3.05. The van der Waals surface area contributed by atoms with Gasteiger partial charge in [0.25, 0.3) is 0 Å². The molecule has 0 bridgehead atoms. The van der Waals surface area contributed by atoms with Gasteiger partial charge in [-0.25, -0.2) is 0 Å². The molecule has 1 unspecified atom stereocenters.